The topological polar surface area (TPSA) is 64.6 Å². The Morgan fingerprint density at radius 2 is 1.93 bits per heavy atom. The predicted molar refractivity (Wildman–Crippen MR) is 104 cm³/mol. The average Bonchev–Trinajstić information content (AvgIpc) is 3.26. The van der Waals surface area contributed by atoms with Crippen LogP contribution >= 0.6 is 23.2 Å². The highest BCUT2D eigenvalue weighted by Crippen LogP contribution is 2.42. The summed E-state index contributed by atoms with van der Waals surface area (Å²) in [5, 5.41) is 9.41. The van der Waals surface area contributed by atoms with Crippen molar-refractivity contribution >= 4 is 29.4 Å². The van der Waals surface area contributed by atoms with Gasteiger partial charge in [0.15, 0.2) is 0 Å². The molecule has 0 fully saturated rings. The Balaban J connectivity index is 1.84. The highest BCUT2D eigenvalue weighted by molar-refractivity contribution is 6.42. The van der Waals surface area contributed by atoms with E-state index >= 15 is 0 Å². The van der Waals surface area contributed by atoms with Crippen molar-refractivity contribution in [3.63, 3.8) is 0 Å². The van der Waals surface area contributed by atoms with Gasteiger partial charge in [-0.1, -0.05) is 29.3 Å². The van der Waals surface area contributed by atoms with Crippen LogP contribution in [-0.4, -0.2) is 22.0 Å². The summed E-state index contributed by atoms with van der Waals surface area (Å²) in [6.07, 6.45) is -5.85. The minimum atomic E-state index is -4.28. The molecule has 0 aliphatic heterocycles. The van der Waals surface area contributed by atoms with Gasteiger partial charge in [0, 0.05) is 23.4 Å². The third kappa shape index (κ3) is 3.89. The van der Waals surface area contributed by atoms with Crippen LogP contribution in [0.2, 0.25) is 10.0 Å². The fourth-order valence-electron chi connectivity index (χ4n) is 3.70. The lowest BCUT2D eigenvalue weighted by molar-refractivity contribution is -0.177. The molecule has 1 N–H and O–H groups in total. The molecule has 1 aromatic carbocycles. The summed E-state index contributed by atoms with van der Waals surface area (Å²) in [7, 11) is 0. The van der Waals surface area contributed by atoms with E-state index in [0.29, 0.717) is 32.6 Å². The quantitative estimate of drug-likeness (QED) is 0.439. The number of carboxylic acid groups (broad SMARTS) is 1. The lowest BCUT2D eigenvalue weighted by Gasteiger charge is -2.25. The minimum absolute atomic E-state index is 0.0550. The number of hydrogen-bond acceptors (Lipinski definition) is 3. The predicted octanol–water partition coefficient (Wildman–Crippen LogP) is 6.77. The number of carbonyl (C=O) groups is 1. The minimum Gasteiger partial charge on any atom is -0.449 e. The van der Waals surface area contributed by atoms with Crippen molar-refractivity contribution in [1.29, 1.82) is 0 Å². The number of rotatable bonds is 3. The first-order chi connectivity index (χ1) is 14.1. The fraction of sp³-hybridized carbons (Fsp3) is 0.250. The smallest absolute Gasteiger partial charge is 0.449 e. The van der Waals surface area contributed by atoms with Crippen molar-refractivity contribution in [2.45, 2.75) is 25.4 Å². The molecule has 10 heteroatoms. The molecule has 1 unspecified atom stereocenters. The SMILES string of the molecule is O=C(O)Oc1ccc(-n2c(-c3ccc(Cl)c(Cl)c3)cc3c2CCC(C(F)(F)F)C3)o1. The van der Waals surface area contributed by atoms with Crippen molar-refractivity contribution < 1.29 is 32.2 Å². The number of furan rings is 1. The second-order valence-corrected chi connectivity index (χ2v) is 7.72. The first-order valence-corrected chi connectivity index (χ1v) is 9.65. The summed E-state index contributed by atoms with van der Waals surface area (Å²) in [6.45, 7) is 0. The van der Waals surface area contributed by atoms with Gasteiger partial charge in [-0.25, -0.2) is 4.79 Å². The van der Waals surface area contributed by atoms with Gasteiger partial charge in [-0.15, -0.1) is 0 Å². The summed E-state index contributed by atoms with van der Waals surface area (Å²) >= 11 is 12.1. The van der Waals surface area contributed by atoms with Crippen LogP contribution in [0.4, 0.5) is 18.0 Å². The van der Waals surface area contributed by atoms with Crippen LogP contribution in [0.1, 0.15) is 17.7 Å². The van der Waals surface area contributed by atoms with E-state index in [0.717, 1.165) is 0 Å². The van der Waals surface area contributed by atoms with Gasteiger partial charge < -0.3 is 14.3 Å². The van der Waals surface area contributed by atoms with Gasteiger partial charge in [0.1, 0.15) is 0 Å². The summed E-state index contributed by atoms with van der Waals surface area (Å²) < 4.78 is 51.5. The number of halogens is 5. The monoisotopic (exact) mass is 459 g/mol. The van der Waals surface area contributed by atoms with Crippen LogP contribution < -0.4 is 4.74 Å². The normalized spacial score (nSPS) is 16.4. The number of benzene rings is 1. The number of alkyl halides is 3. The molecule has 4 rings (SSSR count). The van der Waals surface area contributed by atoms with Gasteiger partial charge in [0.2, 0.25) is 5.88 Å². The molecular formula is C20H14Cl2F3NO4. The molecule has 0 spiro atoms. The van der Waals surface area contributed by atoms with Crippen LogP contribution in [0.25, 0.3) is 17.1 Å². The standard InChI is InChI=1S/C20H14Cl2F3NO4/c21-13-3-1-10(8-14(13)22)16-9-11-7-12(20(23,24)25)2-4-15(11)26(16)17-5-6-18(29-17)30-19(27)28/h1,3,5-6,8-9,12H,2,4,7H2,(H,27,28). The second kappa shape index (κ2) is 7.59. The molecule has 0 bridgehead atoms. The van der Waals surface area contributed by atoms with Crippen LogP contribution in [0, 0.1) is 5.92 Å². The largest absolute Gasteiger partial charge is 0.513 e. The van der Waals surface area contributed by atoms with Crippen LogP contribution in [0.3, 0.4) is 0 Å². The van der Waals surface area contributed by atoms with Crippen LogP contribution in [0.15, 0.2) is 40.8 Å². The summed E-state index contributed by atoms with van der Waals surface area (Å²) in [5.41, 5.74) is 2.38. The average molecular weight is 460 g/mol. The lowest BCUT2D eigenvalue weighted by Crippen LogP contribution is -2.29. The van der Waals surface area contributed by atoms with Crippen molar-refractivity contribution in [2.24, 2.45) is 5.92 Å². The first-order valence-electron chi connectivity index (χ1n) is 8.90. The zero-order valence-electron chi connectivity index (χ0n) is 15.2. The molecule has 1 atom stereocenters. The van der Waals surface area contributed by atoms with E-state index in [2.05, 4.69) is 4.74 Å². The molecular weight excluding hydrogens is 446 g/mol. The first kappa shape index (κ1) is 20.7. The highest BCUT2D eigenvalue weighted by Gasteiger charge is 2.42. The van der Waals surface area contributed by atoms with Crippen LogP contribution in [0.5, 0.6) is 5.95 Å². The van der Waals surface area contributed by atoms with E-state index < -0.39 is 18.2 Å². The Bertz CT molecular complexity index is 1120. The molecule has 0 saturated heterocycles. The molecule has 0 radical (unpaired) electrons. The van der Waals surface area contributed by atoms with Gasteiger partial charge in [-0.3, -0.25) is 4.57 Å². The van der Waals surface area contributed by atoms with Gasteiger partial charge in [-0.05, 0) is 43.0 Å². The third-order valence-electron chi connectivity index (χ3n) is 5.04. The molecule has 3 aromatic rings. The second-order valence-electron chi connectivity index (χ2n) is 6.91. The molecule has 30 heavy (non-hydrogen) atoms. The molecule has 2 aromatic heterocycles. The van der Waals surface area contributed by atoms with Crippen molar-refractivity contribution in [3.8, 4) is 23.1 Å². The van der Waals surface area contributed by atoms with Crippen molar-refractivity contribution in [2.75, 3.05) is 0 Å². The lowest BCUT2D eigenvalue weighted by atomic mass is 9.87. The maximum absolute atomic E-state index is 13.3. The van der Waals surface area contributed by atoms with E-state index in [1.165, 1.54) is 12.1 Å². The van der Waals surface area contributed by atoms with E-state index in [-0.39, 0.29) is 31.1 Å². The van der Waals surface area contributed by atoms with E-state index in [1.54, 1.807) is 28.8 Å². The fourth-order valence-corrected chi connectivity index (χ4v) is 4.00. The van der Waals surface area contributed by atoms with E-state index in [1.807, 2.05) is 0 Å². The summed E-state index contributed by atoms with van der Waals surface area (Å²) in [6, 6.07) is 9.40. The number of hydrogen-bond donors (Lipinski definition) is 1. The number of ether oxygens (including phenoxy) is 1. The van der Waals surface area contributed by atoms with Gasteiger partial charge in [-0.2, -0.15) is 13.2 Å². The van der Waals surface area contributed by atoms with E-state index in [9.17, 15) is 18.0 Å². The Hall–Kier alpha value is -2.58. The zero-order chi connectivity index (χ0) is 21.6. The molecule has 2 heterocycles. The van der Waals surface area contributed by atoms with E-state index in [4.69, 9.17) is 32.7 Å². The molecule has 0 saturated carbocycles. The molecule has 1 aliphatic rings. The number of aromatic nitrogens is 1. The zero-order valence-corrected chi connectivity index (χ0v) is 16.7. The Kier molecular flexibility index (Phi) is 5.23. The Labute approximate surface area is 178 Å². The van der Waals surface area contributed by atoms with Gasteiger partial charge >= 0.3 is 12.3 Å². The summed E-state index contributed by atoms with van der Waals surface area (Å²) in [4.78, 5) is 10.8. The van der Waals surface area contributed by atoms with Gasteiger partial charge in [0.05, 0.1) is 21.7 Å². The van der Waals surface area contributed by atoms with Crippen LogP contribution in [-0.2, 0) is 12.8 Å². The number of nitrogens with zero attached hydrogens (tertiary/aromatic N) is 1. The molecule has 5 nitrogen and oxygen atoms in total. The third-order valence-corrected chi connectivity index (χ3v) is 5.78. The van der Waals surface area contributed by atoms with Gasteiger partial charge in [0.25, 0.3) is 5.95 Å². The summed E-state index contributed by atoms with van der Waals surface area (Å²) in [5.74, 6) is -1.45. The molecule has 0 amide bonds. The Morgan fingerprint density at radius 3 is 2.60 bits per heavy atom. The maximum Gasteiger partial charge on any atom is 0.513 e. The molecule has 158 valence electrons. The Morgan fingerprint density at radius 1 is 1.17 bits per heavy atom. The molecule has 1 aliphatic carbocycles. The van der Waals surface area contributed by atoms with Crippen molar-refractivity contribution in [1.82, 2.24) is 4.57 Å². The number of fused-ring (bicyclic) bond motifs is 1. The maximum atomic E-state index is 13.3. The highest BCUT2D eigenvalue weighted by atomic mass is 35.5. The van der Waals surface area contributed by atoms with Crippen molar-refractivity contribution in [3.05, 3.63) is 57.7 Å².